The molecule has 3 heterocycles. The highest BCUT2D eigenvalue weighted by atomic mass is 19.1. The molecule has 0 unspecified atom stereocenters. The zero-order valence-corrected chi connectivity index (χ0v) is 23.7. The molecular weight excluding hydrogens is 556 g/mol. The zero-order chi connectivity index (χ0) is 29.9. The molecule has 2 amide bonds. The molecule has 10 heteroatoms. The third-order valence-corrected chi connectivity index (χ3v) is 8.49. The van der Waals surface area contributed by atoms with Crippen molar-refractivity contribution in [3.63, 3.8) is 0 Å². The Labute approximate surface area is 249 Å². The number of hydrogen-bond acceptors (Lipinski definition) is 6. The van der Waals surface area contributed by atoms with Crippen molar-refractivity contribution in [2.75, 3.05) is 19.7 Å². The summed E-state index contributed by atoms with van der Waals surface area (Å²) in [5.41, 5.74) is 1.96. The van der Waals surface area contributed by atoms with E-state index < -0.39 is 29.9 Å². The van der Waals surface area contributed by atoms with E-state index in [1.807, 2.05) is 35.2 Å². The smallest absolute Gasteiger partial charge is 0.255 e. The number of nitrogens with zero attached hydrogens (tertiary/aromatic N) is 1. The van der Waals surface area contributed by atoms with Crippen LogP contribution in [0.15, 0.2) is 66.7 Å². The lowest BCUT2D eigenvalue weighted by atomic mass is 9.99. The SMILES string of the molecule is O=C1N[C@H]2C[C@@H](C(=O)NC[C@H]3O[C@H](CCOc4cc(-c5ccc(F)cc5F)ccc41)CC[C@@H]3O)N(Cc1ccccc1)C2. The number of amides is 2. The topological polar surface area (TPSA) is 100 Å². The van der Waals surface area contributed by atoms with Crippen LogP contribution in [0.3, 0.4) is 0 Å². The maximum Gasteiger partial charge on any atom is 0.255 e. The molecule has 2 saturated heterocycles. The van der Waals surface area contributed by atoms with E-state index in [9.17, 15) is 23.5 Å². The third-order valence-electron chi connectivity index (χ3n) is 8.49. The Kier molecular flexibility index (Phi) is 8.69. The average molecular weight is 592 g/mol. The van der Waals surface area contributed by atoms with Gasteiger partial charge in [-0.25, -0.2) is 8.78 Å². The number of carbonyl (C=O) groups is 2. The van der Waals surface area contributed by atoms with Gasteiger partial charge in [0.15, 0.2) is 0 Å². The van der Waals surface area contributed by atoms with Gasteiger partial charge in [-0.15, -0.1) is 0 Å². The summed E-state index contributed by atoms with van der Waals surface area (Å²) in [6.45, 7) is 1.38. The van der Waals surface area contributed by atoms with Gasteiger partial charge in [0.1, 0.15) is 23.5 Å². The summed E-state index contributed by atoms with van der Waals surface area (Å²) in [5.74, 6) is -1.66. The van der Waals surface area contributed by atoms with Crippen molar-refractivity contribution in [2.45, 2.75) is 62.6 Å². The molecule has 3 aromatic rings. The van der Waals surface area contributed by atoms with Crippen molar-refractivity contribution in [3.05, 3.63) is 89.5 Å². The first kappa shape index (κ1) is 29.2. The second kappa shape index (κ2) is 12.8. The standard InChI is InChI=1S/C33H35F2N3O5/c34-22-7-10-25(27(35)15-22)21-6-9-26-30(14-21)42-13-12-24-8-11-29(39)31(43-24)17-36-33(41)28-16-23(37-32(26)40)19-38(28)18-20-4-2-1-3-5-20/h1-7,9-10,14-15,23-24,28-29,31,39H,8,11-13,16-19H2,(H,36,41)(H,37,40)/t23-,24-,28-,29-,31+/m0/s1. The van der Waals surface area contributed by atoms with Crippen molar-refractivity contribution in [3.8, 4) is 16.9 Å². The van der Waals surface area contributed by atoms with Gasteiger partial charge in [-0.05, 0) is 54.7 Å². The Hall–Kier alpha value is -3.86. The van der Waals surface area contributed by atoms with Gasteiger partial charge in [0, 0.05) is 43.7 Å². The summed E-state index contributed by atoms with van der Waals surface area (Å²) >= 11 is 0. The summed E-state index contributed by atoms with van der Waals surface area (Å²) in [6.07, 6.45) is 0.595. The van der Waals surface area contributed by atoms with E-state index in [2.05, 4.69) is 10.6 Å². The van der Waals surface area contributed by atoms with Crippen LogP contribution in [0.2, 0.25) is 0 Å². The largest absolute Gasteiger partial charge is 0.493 e. The van der Waals surface area contributed by atoms with Crippen molar-refractivity contribution >= 4 is 11.8 Å². The average Bonchev–Trinajstić information content (AvgIpc) is 3.39. The van der Waals surface area contributed by atoms with Gasteiger partial charge in [-0.3, -0.25) is 14.5 Å². The molecule has 3 aliphatic rings. The molecule has 226 valence electrons. The van der Waals surface area contributed by atoms with Crippen molar-refractivity contribution < 1.29 is 33.0 Å². The van der Waals surface area contributed by atoms with Crippen LogP contribution < -0.4 is 15.4 Å². The highest BCUT2D eigenvalue weighted by molar-refractivity contribution is 5.98. The van der Waals surface area contributed by atoms with E-state index >= 15 is 0 Å². The highest BCUT2D eigenvalue weighted by Gasteiger charge is 2.39. The Morgan fingerprint density at radius 1 is 0.953 bits per heavy atom. The number of fused-ring (bicyclic) bond motifs is 5. The number of carbonyl (C=O) groups excluding carboxylic acids is 2. The number of ether oxygens (including phenoxy) is 2. The van der Waals surface area contributed by atoms with Crippen LogP contribution in [0.4, 0.5) is 8.78 Å². The minimum atomic E-state index is -0.716. The lowest BCUT2D eigenvalue weighted by molar-refractivity contribution is -0.133. The number of rotatable bonds is 3. The normalized spacial score (nSPS) is 26.6. The minimum absolute atomic E-state index is 0.174. The third kappa shape index (κ3) is 6.71. The van der Waals surface area contributed by atoms with E-state index in [4.69, 9.17) is 9.47 Å². The second-order valence-corrected chi connectivity index (χ2v) is 11.5. The molecule has 3 aliphatic heterocycles. The number of aliphatic hydroxyl groups is 1. The van der Waals surface area contributed by atoms with Crippen molar-refractivity contribution in [1.82, 2.24) is 15.5 Å². The predicted molar refractivity (Wildman–Crippen MR) is 155 cm³/mol. The van der Waals surface area contributed by atoms with Gasteiger partial charge in [0.2, 0.25) is 5.91 Å². The lowest BCUT2D eigenvalue weighted by Crippen LogP contribution is -2.50. The molecule has 8 nitrogen and oxygen atoms in total. The molecule has 3 N–H and O–H groups in total. The van der Waals surface area contributed by atoms with Gasteiger partial charge in [-0.2, -0.15) is 0 Å². The first-order chi connectivity index (χ1) is 20.8. The molecule has 3 aromatic carbocycles. The van der Waals surface area contributed by atoms with Gasteiger partial charge in [0.05, 0.1) is 30.4 Å². The molecule has 4 bridgehead atoms. The second-order valence-electron chi connectivity index (χ2n) is 11.5. The van der Waals surface area contributed by atoms with E-state index in [-0.39, 0.29) is 54.0 Å². The Morgan fingerprint density at radius 3 is 2.58 bits per heavy atom. The van der Waals surface area contributed by atoms with Gasteiger partial charge in [0.25, 0.3) is 5.91 Å². The van der Waals surface area contributed by atoms with Gasteiger partial charge >= 0.3 is 0 Å². The van der Waals surface area contributed by atoms with Crippen LogP contribution in [0, 0.1) is 11.6 Å². The van der Waals surface area contributed by atoms with E-state index in [1.165, 1.54) is 12.1 Å². The molecule has 5 atom stereocenters. The molecule has 2 fully saturated rings. The van der Waals surface area contributed by atoms with Crippen LogP contribution in [-0.4, -0.2) is 71.9 Å². The van der Waals surface area contributed by atoms with E-state index in [1.54, 1.807) is 18.2 Å². The fraction of sp³-hybridized carbons (Fsp3) is 0.394. The monoisotopic (exact) mass is 591 g/mol. The first-order valence-corrected chi connectivity index (χ1v) is 14.8. The number of hydrogen-bond donors (Lipinski definition) is 3. The van der Waals surface area contributed by atoms with Crippen LogP contribution in [0.5, 0.6) is 5.75 Å². The lowest BCUT2D eigenvalue weighted by Gasteiger charge is -2.34. The minimum Gasteiger partial charge on any atom is -0.493 e. The summed E-state index contributed by atoms with van der Waals surface area (Å²) in [4.78, 5) is 29.1. The molecule has 0 radical (unpaired) electrons. The molecule has 0 spiro atoms. The Bertz CT molecular complexity index is 1470. The fourth-order valence-electron chi connectivity index (χ4n) is 6.22. The molecule has 43 heavy (non-hydrogen) atoms. The maximum atomic E-state index is 14.6. The number of likely N-dealkylation sites (tertiary alicyclic amines) is 1. The molecule has 0 saturated carbocycles. The summed E-state index contributed by atoms with van der Waals surface area (Å²) in [7, 11) is 0. The van der Waals surface area contributed by atoms with Crippen LogP contribution in [-0.2, 0) is 16.1 Å². The van der Waals surface area contributed by atoms with Crippen molar-refractivity contribution in [2.24, 2.45) is 0 Å². The first-order valence-electron chi connectivity index (χ1n) is 14.8. The fourth-order valence-corrected chi connectivity index (χ4v) is 6.22. The molecule has 6 rings (SSSR count). The number of nitrogens with one attached hydrogen (secondary N) is 2. The van der Waals surface area contributed by atoms with Gasteiger partial charge < -0.3 is 25.2 Å². The Morgan fingerprint density at radius 2 is 1.77 bits per heavy atom. The van der Waals surface area contributed by atoms with Crippen LogP contribution in [0.25, 0.3) is 11.1 Å². The molecule has 0 aliphatic carbocycles. The molecule has 0 aromatic heterocycles. The quantitative estimate of drug-likeness (QED) is 0.429. The Balaban J connectivity index is 1.30. The zero-order valence-electron chi connectivity index (χ0n) is 23.7. The summed E-state index contributed by atoms with van der Waals surface area (Å²) < 4.78 is 40.5. The summed E-state index contributed by atoms with van der Waals surface area (Å²) in [6, 6.07) is 17.2. The van der Waals surface area contributed by atoms with E-state index in [0.717, 1.165) is 11.6 Å². The highest BCUT2D eigenvalue weighted by Crippen LogP contribution is 2.31. The maximum absolute atomic E-state index is 14.6. The van der Waals surface area contributed by atoms with Crippen LogP contribution >= 0.6 is 0 Å². The van der Waals surface area contributed by atoms with Crippen LogP contribution in [0.1, 0.15) is 41.6 Å². The molecular formula is C33H35F2N3O5. The summed E-state index contributed by atoms with van der Waals surface area (Å²) in [5, 5.41) is 16.7. The number of halogens is 2. The van der Waals surface area contributed by atoms with Crippen molar-refractivity contribution in [1.29, 1.82) is 0 Å². The number of benzene rings is 3. The predicted octanol–water partition coefficient (Wildman–Crippen LogP) is 3.81. The van der Waals surface area contributed by atoms with Gasteiger partial charge in [-0.1, -0.05) is 36.4 Å². The van der Waals surface area contributed by atoms with E-state index in [0.29, 0.717) is 44.3 Å². The number of aliphatic hydroxyl groups excluding tert-OH is 1.